The van der Waals surface area contributed by atoms with E-state index in [1.807, 2.05) is 0 Å². The van der Waals surface area contributed by atoms with Crippen molar-refractivity contribution in [3.05, 3.63) is 64.7 Å². The summed E-state index contributed by atoms with van der Waals surface area (Å²) in [6, 6.07) is 8.87. The van der Waals surface area contributed by atoms with Gasteiger partial charge in [0.2, 0.25) is 0 Å². The first-order chi connectivity index (χ1) is 17.1. The number of aromatic nitrogens is 2. The number of hydrogen-bond donors (Lipinski definition) is 0. The van der Waals surface area contributed by atoms with Crippen LogP contribution in [0.2, 0.25) is 0 Å². The highest BCUT2D eigenvalue weighted by Crippen LogP contribution is 2.36. The van der Waals surface area contributed by atoms with Gasteiger partial charge < -0.3 is 0 Å². The molecule has 1 heterocycles. The van der Waals surface area contributed by atoms with E-state index in [1.165, 1.54) is 73.0 Å². The molecule has 0 N–H and O–H groups in total. The minimum atomic E-state index is 0.456. The molecule has 1 saturated carbocycles. The number of nitrogens with zero attached hydrogens (tertiary/aromatic N) is 2. The van der Waals surface area contributed by atoms with Gasteiger partial charge in [-0.25, -0.2) is 9.97 Å². The van der Waals surface area contributed by atoms with Crippen molar-refractivity contribution in [3.63, 3.8) is 0 Å². The molecule has 3 nitrogen and oxygen atoms in total. The van der Waals surface area contributed by atoms with Crippen LogP contribution in [0, 0.1) is 5.92 Å². The molecule has 2 aliphatic rings. The van der Waals surface area contributed by atoms with Crippen molar-refractivity contribution in [2.24, 2.45) is 5.92 Å². The maximum atomic E-state index is 12.5. The van der Waals surface area contributed by atoms with Gasteiger partial charge in [-0.3, -0.25) is 4.79 Å². The number of aryl methyl sites for hydroxylation is 2. The van der Waals surface area contributed by atoms with Gasteiger partial charge in [-0.15, -0.1) is 0 Å². The number of rotatable bonds is 10. The largest absolute Gasteiger partial charge is 0.300 e. The molecule has 2 aliphatic carbocycles. The lowest BCUT2D eigenvalue weighted by Gasteiger charge is -2.26. The lowest BCUT2D eigenvalue weighted by Crippen LogP contribution is -2.13. The zero-order chi connectivity index (χ0) is 24.5. The predicted octanol–water partition coefficient (Wildman–Crippen LogP) is 8.38. The highest BCUT2D eigenvalue weighted by atomic mass is 16.1. The lowest BCUT2D eigenvalue weighted by atomic mass is 9.81. The van der Waals surface area contributed by atoms with Crippen molar-refractivity contribution in [2.75, 3.05) is 0 Å². The van der Waals surface area contributed by atoms with Gasteiger partial charge in [-0.05, 0) is 67.9 Å². The van der Waals surface area contributed by atoms with Crippen LogP contribution in [0.3, 0.4) is 0 Å². The predicted molar refractivity (Wildman–Crippen MR) is 146 cm³/mol. The van der Waals surface area contributed by atoms with E-state index in [9.17, 15) is 4.79 Å². The Morgan fingerprint density at radius 3 is 2.63 bits per heavy atom. The fourth-order valence-electron chi connectivity index (χ4n) is 6.04. The molecule has 3 heteroatoms. The molecule has 0 amide bonds. The minimum absolute atomic E-state index is 0.456. The van der Waals surface area contributed by atoms with E-state index in [2.05, 4.69) is 55.2 Å². The van der Waals surface area contributed by atoms with E-state index in [-0.39, 0.29) is 0 Å². The maximum Gasteiger partial charge on any atom is 0.132 e. The van der Waals surface area contributed by atoms with Crippen molar-refractivity contribution >= 4 is 11.9 Å². The van der Waals surface area contributed by atoms with Gasteiger partial charge in [-0.1, -0.05) is 82.4 Å². The monoisotopic (exact) mass is 472 g/mol. The maximum absolute atomic E-state index is 12.5. The first-order valence-electron chi connectivity index (χ1n) is 14.2. The summed E-state index contributed by atoms with van der Waals surface area (Å²) in [7, 11) is 0. The molecule has 0 saturated heterocycles. The Morgan fingerprint density at radius 1 is 1.03 bits per heavy atom. The average molecular weight is 473 g/mol. The van der Waals surface area contributed by atoms with Crippen LogP contribution in [-0.4, -0.2) is 15.8 Å². The Hall–Kier alpha value is -2.29. The van der Waals surface area contributed by atoms with Gasteiger partial charge in [0, 0.05) is 24.3 Å². The molecular weight excluding hydrogens is 428 g/mol. The van der Waals surface area contributed by atoms with Gasteiger partial charge in [0.15, 0.2) is 0 Å². The van der Waals surface area contributed by atoms with Crippen LogP contribution in [0.1, 0.15) is 131 Å². The number of fused-ring (bicyclic) bond motifs is 1. The third-order valence-electron chi connectivity index (χ3n) is 8.15. The molecular formula is C32H44N2O. The van der Waals surface area contributed by atoms with Crippen LogP contribution < -0.4 is 0 Å². The van der Waals surface area contributed by atoms with E-state index in [4.69, 9.17) is 4.98 Å². The van der Waals surface area contributed by atoms with Gasteiger partial charge in [0.1, 0.15) is 12.1 Å². The second kappa shape index (κ2) is 13.1. The van der Waals surface area contributed by atoms with E-state index < -0.39 is 0 Å². The van der Waals surface area contributed by atoms with Crippen LogP contribution in [0.15, 0.2) is 36.7 Å². The van der Waals surface area contributed by atoms with E-state index in [0.29, 0.717) is 17.6 Å². The van der Waals surface area contributed by atoms with Gasteiger partial charge in [-0.2, -0.15) is 0 Å². The number of Topliss-reactive ketones (excluding diaryl/α,β-unsaturated/α-hetero) is 1. The first-order valence-corrected chi connectivity index (χ1v) is 14.2. The molecule has 188 valence electrons. The van der Waals surface area contributed by atoms with Crippen LogP contribution in [0.5, 0.6) is 0 Å². The van der Waals surface area contributed by atoms with Crippen LogP contribution in [0.4, 0.5) is 0 Å². The van der Waals surface area contributed by atoms with Gasteiger partial charge in [0.05, 0.1) is 11.4 Å². The standard InChI is InChI=1S/C32H44N2O/c1-24(2)28-17-7-13-26(22-28)14-9-19-29(35)18-8-12-25-10-5-15-27(16-6-11-25)32-30-20-3-4-21-31(30)33-23-34-32/h3,7,13,17,20,22-25,27H,4-6,8-12,14-16,18-19,21H2,1-2H3. The van der Waals surface area contributed by atoms with Gasteiger partial charge >= 0.3 is 0 Å². The topological polar surface area (TPSA) is 42.9 Å². The quantitative estimate of drug-likeness (QED) is 0.349. The molecule has 0 spiro atoms. The van der Waals surface area contributed by atoms with E-state index >= 15 is 0 Å². The summed E-state index contributed by atoms with van der Waals surface area (Å²) in [4.78, 5) is 21.7. The summed E-state index contributed by atoms with van der Waals surface area (Å²) in [6.07, 6.45) is 21.9. The van der Waals surface area contributed by atoms with Crippen molar-refractivity contribution in [3.8, 4) is 0 Å². The lowest BCUT2D eigenvalue weighted by molar-refractivity contribution is -0.119. The molecule has 1 aromatic heterocycles. The SMILES string of the molecule is CC(C)c1cccc(CCCC(=O)CCCC2CCCC(c3ncnc4c3C=CCC4)CCC2)c1. The van der Waals surface area contributed by atoms with Crippen molar-refractivity contribution in [1.29, 1.82) is 0 Å². The van der Waals surface area contributed by atoms with Crippen LogP contribution in [-0.2, 0) is 17.6 Å². The normalized spacial score (nSPS) is 20.3. The third kappa shape index (κ3) is 7.59. The Morgan fingerprint density at radius 2 is 1.83 bits per heavy atom. The smallest absolute Gasteiger partial charge is 0.132 e. The second-order valence-electron chi connectivity index (χ2n) is 11.2. The van der Waals surface area contributed by atoms with Crippen molar-refractivity contribution < 1.29 is 4.79 Å². The number of carbonyl (C=O) groups is 1. The Bertz CT molecular complexity index is 983. The molecule has 35 heavy (non-hydrogen) atoms. The summed E-state index contributed by atoms with van der Waals surface area (Å²) in [6.45, 7) is 4.47. The molecule has 0 radical (unpaired) electrons. The molecule has 0 atom stereocenters. The summed E-state index contributed by atoms with van der Waals surface area (Å²) < 4.78 is 0. The zero-order valence-electron chi connectivity index (χ0n) is 22.0. The average Bonchev–Trinajstić information content (AvgIpc) is 2.85. The zero-order valence-corrected chi connectivity index (χ0v) is 22.0. The van der Waals surface area contributed by atoms with Crippen molar-refractivity contribution in [2.45, 2.75) is 116 Å². The number of hydrogen-bond acceptors (Lipinski definition) is 3. The Labute approximate surface area is 212 Å². The fraction of sp³-hybridized carbons (Fsp3) is 0.594. The van der Waals surface area contributed by atoms with E-state index in [1.54, 1.807) is 6.33 Å². The van der Waals surface area contributed by atoms with Crippen LogP contribution >= 0.6 is 0 Å². The molecule has 2 aromatic rings. The molecule has 1 fully saturated rings. The summed E-state index contributed by atoms with van der Waals surface area (Å²) in [5.74, 6) is 2.39. The number of ketones is 1. The minimum Gasteiger partial charge on any atom is -0.300 e. The highest BCUT2D eigenvalue weighted by molar-refractivity contribution is 5.78. The second-order valence-corrected chi connectivity index (χ2v) is 11.2. The molecule has 1 aromatic carbocycles. The first kappa shape index (κ1) is 25.8. The molecule has 0 aliphatic heterocycles. The van der Waals surface area contributed by atoms with E-state index in [0.717, 1.165) is 50.9 Å². The molecule has 4 rings (SSSR count). The summed E-state index contributed by atoms with van der Waals surface area (Å²) >= 11 is 0. The fourth-order valence-corrected chi connectivity index (χ4v) is 6.04. The summed E-state index contributed by atoms with van der Waals surface area (Å²) in [5.41, 5.74) is 6.62. The van der Waals surface area contributed by atoms with Crippen molar-refractivity contribution in [1.82, 2.24) is 9.97 Å². The highest BCUT2D eigenvalue weighted by Gasteiger charge is 2.23. The Kier molecular flexibility index (Phi) is 9.68. The summed E-state index contributed by atoms with van der Waals surface area (Å²) in [5, 5.41) is 0. The molecule has 0 unspecified atom stereocenters. The third-order valence-corrected chi connectivity index (χ3v) is 8.15. The molecule has 0 bridgehead atoms. The number of carbonyl (C=O) groups excluding carboxylic acids is 1. The number of benzene rings is 1. The number of allylic oxidation sites excluding steroid dienone is 1. The Balaban J connectivity index is 1.14. The van der Waals surface area contributed by atoms with Crippen LogP contribution in [0.25, 0.3) is 6.08 Å². The van der Waals surface area contributed by atoms with Gasteiger partial charge in [0.25, 0.3) is 0 Å².